The van der Waals surface area contributed by atoms with Crippen molar-refractivity contribution in [1.29, 1.82) is 0 Å². The first-order valence-corrected chi connectivity index (χ1v) is 24.4. The Morgan fingerprint density at radius 1 is 0.967 bits per heavy atom. The quantitative estimate of drug-likeness (QED) is 0.0566. The van der Waals surface area contributed by atoms with Gasteiger partial charge in [0.25, 0.3) is 5.91 Å². The molecule has 0 bridgehead atoms. The Balaban J connectivity index is 1.30. The minimum absolute atomic E-state index is 0.00329. The number of para-hydroxylation sites is 1. The zero-order valence-corrected chi connectivity index (χ0v) is 37.5. The third kappa shape index (κ3) is 8.64. The minimum Gasteiger partial charge on any atom is -0.497 e. The van der Waals surface area contributed by atoms with E-state index < -0.39 is 13.7 Å². The minimum atomic E-state index is -2.44. The lowest BCUT2D eigenvalue weighted by Gasteiger charge is -2.37. The number of rotatable bonds is 17. The third-order valence-electron chi connectivity index (χ3n) is 12.9. The van der Waals surface area contributed by atoms with Gasteiger partial charge >= 0.3 is 0 Å². The number of ether oxygens (including phenoxy) is 2. The van der Waals surface area contributed by atoms with Crippen LogP contribution in [0.4, 0.5) is 17.1 Å². The summed E-state index contributed by atoms with van der Waals surface area (Å²) < 4.78 is 14.9. The fourth-order valence-electron chi connectivity index (χ4n) is 9.60. The zero-order chi connectivity index (χ0) is 43.3. The molecular formula is C50H59N5O5Si. The molecule has 3 heterocycles. The Hall–Kier alpha value is -5.62. The molecule has 2 aliphatic heterocycles. The lowest BCUT2D eigenvalue weighted by molar-refractivity contribution is -0.145. The molecular weight excluding hydrogens is 779 g/mol. The fraction of sp³-hybridized carbons (Fsp3) is 0.360. The van der Waals surface area contributed by atoms with Crippen LogP contribution in [0.25, 0.3) is 0 Å². The van der Waals surface area contributed by atoms with Crippen molar-refractivity contribution in [2.24, 2.45) is 5.92 Å². The van der Waals surface area contributed by atoms with E-state index in [1.807, 2.05) is 107 Å². The number of benzene rings is 4. The van der Waals surface area contributed by atoms with Gasteiger partial charge < -0.3 is 19.5 Å². The molecule has 5 aromatic rings. The molecule has 1 N–H and O–H groups in total. The smallest absolute Gasteiger partial charge is 0.264 e. The van der Waals surface area contributed by atoms with Gasteiger partial charge in [0.15, 0.2) is 5.60 Å². The molecule has 0 radical (unpaired) electrons. The number of fused-ring (bicyclic) bond motifs is 2. The van der Waals surface area contributed by atoms with Gasteiger partial charge in [0.2, 0.25) is 6.41 Å². The van der Waals surface area contributed by atoms with Crippen molar-refractivity contribution >= 4 is 42.6 Å². The molecule has 0 saturated carbocycles. The normalized spacial score (nSPS) is 20.5. The predicted octanol–water partition coefficient (Wildman–Crippen LogP) is 9.05. The number of carbonyl (C=O) groups is 2. The summed E-state index contributed by atoms with van der Waals surface area (Å²) in [6.07, 6.45) is 9.25. The Labute approximate surface area is 361 Å². The highest BCUT2D eigenvalue weighted by Gasteiger charge is 2.66. The molecule has 5 atom stereocenters. The monoisotopic (exact) mass is 837 g/mol. The van der Waals surface area contributed by atoms with E-state index in [0.29, 0.717) is 30.9 Å². The van der Waals surface area contributed by atoms with Crippen LogP contribution in [0.15, 0.2) is 133 Å². The van der Waals surface area contributed by atoms with Crippen molar-refractivity contribution in [3.8, 4) is 5.75 Å². The second-order valence-corrected chi connectivity index (χ2v) is 22.0. The van der Waals surface area contributed by atoms with E-state index in [9.17, 15) is 9.90 Å². The Kier molecular flexibility index (Phi) is 13.2. The van der Waals surface area contributed by atoms with E-state index in [0.717, 1.165) is 47.5 Å². The van der Waals surface area contributed by atoms with Gasteiger partial charge in [-0.05, 0) is 93.6 Å². The van der Waals surface area contributed by atoms with Crippen LogP contribution in [0, 0.1) is 5.92 Å². The molecule has 10 nitrogen and oxygen atoms in total. The van der Waals surface area contributed by atoms with Crippen LogP contribution in [-0.4, -0.2) is 66.9 Å². The van der Waals surface area contributed by atoms with Crippen LogP contribution in [0.5, 0.6) is 5.75 Å². The summed E-state index contributed by atoms with van der Waals surface area (Å²) in [4.78, 5) is 31.8. The van der Waals surface area contributed by atoms with E-state index in [2.05, 4.69) is 75.4 Å². The van der Waals surface area contributed by atoms with Crippen LogP contribution < -0.4 is 19.7 Å². The highest BCUT2D eigenvalue weighted by Crippen LogP contribution is 2.60. The predicted molar refractivity (Wildman–Crippen MR) is 245 cm³/mol. The second-order valence-electron chi connectivity index (χ2n) is 17.3. The average molecular weight is 838 g/mol. The molecule has 11 heteroatoms. The standard InChI is InChI=1S/C50H59N5O5Si/c1-35(2)15-14-16-36(3)27-30-54-46-26-21-40(55(34-57)39-19-12-9-13-20-39)31-44(46)50(49(54)58)37(4)48(61(6,7)42-24-22-41(59-5)23-25-42)47(60-50)28-29-53-32-45(51-52-53)43(33-56)38-17-10-8-11-18-38/h8-13,15,17-27,31-32,34,37,43,47-48,56H,14,16,28-30,33H2,1-7H3/b36-27+/t37-,43?,47+,48-,50+/m0/s1. The molecule has 61 heavy (non-hydrogen) atoms. The van der Waals surface area contributed by atoms with E-state index >= 15 is 4.79 Å². The van der Waals surface area contributed by atoms with Gasteiger partial charge in [-0.3, -0.25) is 19.2 Å². The van der Waals surface area contributed by atoms with Crippen LogP contribution in [0.3, 0.4) is 0 Å². The van der Waals surface area contributed by atoms with Crippen LogP contribution in [0.2, 0.25) is 18.6 Å². The maximum absolute atomic E-state index is 15.5. The molecule has 1 unspecified atom stereocenters. The number of nitrogens with zero attached hydrogens (tertiary/aromatic N) is 5. The number of allylic oxidation sites excluding steroid dienone is 3. The zero-order valence-electron chi connectivity index (χ0n) is 36.5. The largest absolute Gasteiger partial charge is 0.497 e. The number of aryl methyl sites for hydroxylation is 1. The van der Waals surface area contributed by atoms with E-state index in [1.165, 1.54) is 16.3 Å². The number of anilines is 3. The molecule has 4 aromatic carbocycles. The lowest BCUT2D eigenvalue weighted by Crippen LogP contribution is -2.52. The Bertz CT molecular complexity index is 2360. The number of amides is 2. The second kappa shape index (κ2) is 18.6. The number of aliphatic hydroxyl groups is 1. The molecule has 0 aliphatic carbocycles. The van der Waals surface area contributed by atoms with Crippen molar-refractivity contribution in [3.05, 3.63) is 149 Å². The van der Waals surface area contributed by atoms with Crippen LogP contribution in [-0.2, 0) is 26.5 Å². The summed E-state index contributed by atoms with van der Waals surface area (Å²) in [5, 5.41) is 20.7. The molecule has 2 amide bonds. The van der Waals surface area contributed by atoms with Gasteiger partial charge in [0, 0.05) is 42.1 Å². The summed E-state index contributed by atoms with van der Waals surface area (Å²) in [7, 11) is -0.769. The van der Waals surface area contributed by atoms with Crippen molar-refractivity contribution < 1.29 is 24.2 Å². The SMILES string of the molecule is COc1ccc([Si](C)(C)[C@@H]2[C@@H](CCn3cc(C(CO)c4ccccc4)nn3)O[C@]3(C(=O)N(C/C=C(\C)CCC=C(C)C)c4ccc(N(C=O)c5ccccc5)cc43)[C@H]2C)cc1. The fourth-order valence-corrected chi connectivity index (χ4v) is 13.7. The number of aliphatic hydroxyl groups excluding tert-OH is 1. The van der Waals surface area contributed by atoms with Gasteiger partial charge in [-0.2, -0.15) is 0 Å². The molecule has 318 valence electrons. The summed E-state index contributed by atoms with van der Waals surface area (Å²) in [6.45, 7) is 14.1. The molecule has 2 aliphatic rings. The molecule has 7 rings (SSSR count). The molecule has 1 aromatic heterocycles. The molecule has 1 fully saturated rings. The van der Waals surface area contributed by atoms with E-state index in [1.54, 1.807) is 12.0 Å². The van der Waals surface area contributed by atoms with Crippen molar-refractivity contribution in [1.82, 2.24) is 15.0 Å². The molecule has 1 spiro atoms. The number of aromatic nitrogens is 3. The topological polar surface area (TPSA) is 110 Å². The maximum Gasteiger partial charge on any atom is 0.264 e. The third-order valence-corrected chi connectivity index (χ3v) is 17.3. The van der Waals surface area contributed by atoms with Gasteiger partial charge in [0.1, 0.15) is 5.75 Å². The lowest BCUT2D eigenvalue weighted by atomic mass is 9.82. The Morgan fingerprint density at radius 2 is 1.67 bits per heavy atom. The van der Waals surface area contributed by atoms with Crippen molar-refractivity contribution in [2.45, 2.75) is 89.8 Å². The van der Waals surface area contributed by atoms with Gasteiger partial charge in [-0.1, -0.05) is 114 Å². The first kappa shape index (κ1) is 43.5. The van der Waals surface area contributed by atoms with Crippen molar-refractivity contribution in [2.75, 3.05) is 30.1 Å². The van der Waals surface area contributed by atoms with E-state index in [4.69, 9.17) is 9.47 Å². The van der Waals surface area contributed by atoms with Gasteiger partial charge in [0.05, 0.1) is 45.2 Å². The first-order chi connectivity index (χ1) is 29.4. The highest BCUT2D eigenvalue weighted by molar-refractivity contribution is 6.91. The Morgan fingerprint density at radius 3 is 2.33 bits per heavy atom. The first-order valence-electron chi connectivity index (χ1n) is 21.4. The van der Waals surface area contributed by atoms with Crippen LogP contribution >= 0.6 is 0 Å². The maximum atomic E-state index is 15.5. The molecule has 1 saturated heterocycles. The van der Waals surface area contributed by atoms with E-state index in [-0.39, 0.29) is 36.0 Å². The summed E-state index contributed by atoms with van der Waals surface area (Å²) in [5.74, 6) is 0.178. The van der Waals surface area contributed by atoms with Crippen LogP contribution in [0.1, 0.15) is 69.7 Å². The number of methoxy groups -OCH3 is 1. The number of hydrogen-bond donors (Lipinski definition) is 1. The summed E-state index contributed by atoms with van der Waals surface area (Å²) in [5.41, 5.74) is 5.83. The van der Waals surface area contributed by atoms with Crippen molar-refractivity contribution in [3.63, 3.8) is 0 Å². The van der Waals surface area contributed by atoms with Gasteiger partial charge in [-0.15, -0.1) is 5.10 Å². The average Bonchev–Trinajstić information content (AvgIpc) is 3.93. The summed E-state index contributed by atoms with van der Waals surface area (Å²) in [6, 6.07) is 33.7. The summed E-state index contributed by atoms with van der Waals surface area (Å²) >= 11 is 0. The number of carbonyl (C=O) groups excluding carboxylic acids is 2. The highest BCUT2D eigenvalue weighted by atomic mass is 28.3. The number of hydrogen-bond acceptors (Lipinski definition) is 7. The van der Waals surface area contributed by atoms with Gasteiger partial charge in [-0.25, -0.2) is 0 Å².